The van der Waals surface area contributed by atoms with E-state index < -0.39 is 16.6 Å². The SMILES string of the molecule is CC(C)(C)OC(=O)Nc1cccc(Nc2ncc([N+](=O)[O-])cn2)c1. The van der Waals surface area contributed by atoms with Crippen molar-refractivity contribution in [2.24, 2.45) is 0 Å². The predicted octanol–water partition coefficient (Wildman–Crippen LogP) is 3.48. The molecule has 0 aliphatic heterocycles. The first-order chi connectivity index (χ1) is 11.2. The second-order valence-corrected chi connectivity index (χ2v) is 5.85. The van der Waals surface area contributed by atoms with Crippen molar-refractivity contribution in [2.75, 3.05) is 10.6 Å². The summed E-state index contributed by atoms with van der Waals surface area (Å²) in [6.07, 6.45) is 1.65. The number of carbonyl (C=O) groups excluding carboxylic acids is 1. The molecule has 9 nitrogen and oxygen atoms in total. The summed E-state index contributed by atoms with van der Waals surface area (Å²) in [6.45, 7) is 5.32. The zero-order valence-electron chi connectivity index (χ0n) is 13.4. The Hall–Kier alpha value is -3.23. The van der Waals surface area contributed by atoms with Gasteiger partial charge in [0.2, 0.25) is 5.95 Å². The average Bonchev–Trinajstić information content (AvgIpc) is 2.46. The number of benzene rings is 1. The molecule has 1 heterocycles. The molecule has 0 aliphatic rings. The van der Waals surface area contributed by atoms with Gasteiger partial charge in [-0.2, -0.15) is 0 Å². The van der Waals surface area contributed by atoms with Gasteiger partial charge in [0.25, 0.3) is 0 Å². The molecule has 0 saturated carbocycles. The van der Waals surface area contributed by atoms with Crippen molar-refractivity contribution in [1.29, 1.82) is 0 Å². The van der Waals surface area contributed by atoms with Crippen molar-refractivity contribution in [3.63, 3.8) is 0 Å². The highest BCUT2D eigenvalue weighted by Gasteiger charge is 2.16. The Morgan fingerprint density at radius 3 is 2.42 bits per heavy atom. The zero-order valence-corrected chi connectivity index (χ0v) is 13.4. The standard InChI is InChI=1S/C15H17N5O4/c1-15(2,3)24-14(21)19-11-6-4-5-10(7-11)18-13-16-8-12(9-17-13)20(22)23/h4-9H,1-3H3,(H,19,21)(H,16,17,18). The maximum Gasteiger partial charge on any atom is 0.412 e. The molecule has 0 unspecified atom stereocenters. The van der Waals surface area contributed by atoms with Crippen LogP contribution in [0.4, 0.5) is 27.8 Å². The molecule has 1 amide bonds. The summed E-state index contributed by atoms with van der Waals surface area (Å²) in [7, 11) is 0. The molecule has 0 fully saturated rings. The number of nitrogens with one attached hydrogen (secondary N) is 2. The fourth-order valence-electron chi connectivity index (χ4n) is 1.71. The summed E-state index contributed by atoms with van der Waals surface area (Å²) < 4.78 is 5.18. The lowest BCUT2D eigenvalue weighted by atomic mass is 10.2. The quantitative estimate of drug-likeness (QED) is 0.650. The van der Waals surface area contributed by atoms with Gasteiger partial charge >= 0.3 is 11.8 Å². The number of aromatic nitrogens is 2. The summed E-state index contributed by atoms with van der Waals surface area (Å²) in [5.41, 5.74) is 0.349. The maximum absolute atomic E-state index is 11.8. The monoisotopic (exact) mass is 331 g/mol. The summed E-state index contributed by atoms with van der Waals surface area (Å²) in [5, 5.41) is 16.1. The van der Waals surface area contributed by atoms with Gasteiger partial charge < -0.3 is 10.1 Å². The first kappa shape index (κ1) is 17.1. The Morgan fingerprint density at radius 2 is 1.83 bits per heavy atom. The number of hydrogen-bond acceptors (Lipinski definition) is 7. The summed E-state index contributed by atoms with van der Waals surface area (Å²) in [6, 6.07) is 6.83. The molecule has 1 aromatic heterocycles. The van der Waals surface area contributed by atoms with E-state index in [1.807, 2.05) is 0 Å². The molecule has 0 bridgehead atoms. The fourth-order valence-corrected chi connectivity index (χ4v) is 1.71. The molecule has 9 heteroatoms. The van der Waals surface area contributed by atoms with E-state index in [0.717, 1.165) is 12.4 Å². The normalized spacial score (nSPS) is 10.8. The summed E-state index contributed by atoms with van der Waals surface area (Å²) in [5.74, 6) is 0.204. The van der Waals surface area contributed by atoms with Crippen molar-refractivity contribution in [3.8, 4) is 0 Å². The van der Waals surface area contributed by atoms with E-state index in [-0.39, 0.29) is 11.6 Å². The van der Waals surface area contributed by atoms with Gasteiger partial charge in [-0.25, -0.2) is 14.8 Å². The van der Waals surface area contributed by atoms with Crippen molar-refractivity contribution >= 4 is 29.1 Å². The number of nitrogens with zero attached hydrogens (tertiary/aromatic N) is 3. The molecule has 0 spiro atoms. The molecule has 0 atom stereocenters. The number of nitro groups is 1. The number of hydrogen-bond donors (Lipinski definition) is 2. The van der Waals surface area contributed by atoms with E-state index in [9.17, 15) is 14.9 Å². The van der Waals surface area contributed by atoms with Gasteiger partial charge in [0.1, 0.15) is 18.0 Å². The van der Waals surface area contributed by atoms with Gasteiger partial charge in [-0.15, -0.1) is 0 Å². The third-order valence-electron chi connectivity index (χ3n) is 2.61. The third-order valence-corrected chi connectivity index (χ3v) is 2.61. The molecule has 2 N–H and O–H groups in total. The Morgan fingerprint density at radius 1 is 1.21 bits per heavy atom. The molecule has 1 aromatic carbocycles. The van der Waals surface area contributed by atoms with Crippen LogP contribution in [-0.4, -0.2) is 26.6 Å². The van der Waals surface area contributed by atoms with E-state index >= 15 is 0 Å². The van der Waals surface area contributed by atoms with Gasteiger partial charge in [0, 0.05) is 11.4 Å². The van der Waals surface area contributed by atoms with Crippen LogP contribution >= 0.6 is 0 Å². The molecule has 0 radical (unpaired) electrons. The topological polar surface area (TPSA) is 119 Å². The number of rotatable bonds is 4. The Labute approximate surface area is 138 Å². The lowest BCUT2D eigenvalue weighted by Gasteiger charge is -2.19. The van der Waals surface area contributed by atoms with Crippen molar-refractivity contribution in [1.82, 2.24) is 9.97 Å². The number of anilines is 3. The Balaban J connectivity index is 2.04. The lowest BCUT2D eigenvalue weighted by Crippen LogP contribution is -2.27. The Bertz CT molecular complexity index is 740. The largest absolute Gasteiger partial charge is 0.444 e. The highest BCUT2D eigenvalue weighted by molar-refractivity contribution is 5.85. The summed E-state index contributed by atoms with van der Waals surface area (Å²) >= 11 is 0. The minimum absolute atomic E-state index is 0.194. The molecular weight excluding hydrogens is 314 g/mol. The lowest BCUT2D eigenvalue weighted by molar-refractivity contribution is -0.385. The van der Waals surface area contributed by atoms with Crippen LogP contribution in [-0.2, 0) is 4.74 Å². The first-order valence-electron chi connectivity index (χ1n) is 7.06. The van der Waals surface area contributed by atoms with Crippen LogP contribution in [0.5, 0.6) is 0 Å². The predicted molar refractivity (Wildman–Crippen MR) is 88.3 cm³/mol. The summed E-state index contributed by atoms with van der Waals surface area (Å²) in [4.78, 5) is 29.5. The minimum Gasteiger partial charge on any atom is -0.444 e. The van der Waals surface area contributed by atoms with E-state index in [2.05, 4.69) is 20.6 Å². The van der Waals surface area contributed by atoms with Crippen LogP contribution in [0.25, 0.3) is 0 Å². The van der Waals surface area contributed by atoms with Crippen LogP contribution in [0, 0.1) is 10.1 Å². The van der Waals surface area contributed by atoms with Gasteiger partial charge in [-0.1, -0.05) is 6.07 Å². The molecule has 0 saturated heterocycles. The highest BCUT2D eigenvalue weighted by Crippen LogP contribution is 2.19. The van der Waals surface area contributed by atoms with Gasteiger partial charge in [0.15, 0.2) is 0 Å². The molecule has 24 heavy (non-hydrogen) atoms. The smallest absolute Gasteiger partial charge is 0.412 e. The average molecular weight is 331 g/mol. The van der Waals surface area contributed by atoms with Crippen molar-refractivity contribution in [3.05, 3.63) is 46.8 Å². The van der Waals surface area contributed by atoms with Crippen LogP contribution in [0.3, 0.4) is 0 Å². The molecule has 0 aliphatic carbocycles. The maximum atomic E-state index is 11.8. The van der Waals surface area contributed by atoms with Crippen LogP contribution in [0.15, 0.2) is 36.7 Å². The Kier molecular flexibility index (Phi) is 4.93. The van der Waals surface area contributed by atoms with Crippen LogP contribution in [0.1, 0.15) is 20.8 Å². The van der Waals surface area contributed by atoms with E-state index in [0.29, 0.717) is 11.4 Å². The third kappa shape index (κ3) is 5.20. The van der Waals surface area contributed by atoms with Crippen LogP contribution < -0.4 is 10.6 Å². The number of amides is 1. The van der Waals surface area contributed by atoms with Gasteiger partial charge in [0.05, 0.1) is 4.92 Å². The molecule has 126 valence electrons. The number of ether oxygens (including phenoxy) is 1. The van der Waals surface area contributed by atoms with Crippen molar-refractivity contribution < 1.29 is 14.5 Å². The first-order valence-corrected chi connectivity index (χ1v) is 7.06. The van der Waals surface area contributed by atoms with Gasteiger partial charge in [-0.05, 0) is 39.0 Å². The van der Waals surface area contributed by atoms with E-state index in [1.54, 1.807) is 45.0 Å². The van der Waals surface area contributed by atoms with E-state index in [4.69, 9.17) is 4.74 Å². The van der Waals surface area contributed by atoms with Crippen molar-refractivity contribution in [2.45, 2.75) is 26.4 Å². The second-order valence-electron chi connectivity index (χ2n) is 5.85. The number of carbonyl (C=O) groups is 1. The van der Waals surface area contributed by atoms with E-state index in [1.165, 1.54) is 0 Å². The highest BCUT2D eigenvalue weighted by atomic mass is 16.6. The van der Waals surface area contributed by atoms with Crippen LogP contribution in [0.2, 0.25) is 0 Å². The molecule has 2 rings (SSSR count). The second kappa shape index (κ2) is 6.90. The van der Waals surface area contributed by atoms with Gasteiger partial charge in [-0.3, -0.25) is 15.4 Å². The fraction of sp³-hybridized carbons (Fsp3) is 0.267. The molecular formula is C15H17N5O4. The zero-order chi connectivity index (χ0) is 17.7. The molecule has 2 aromatic rings. The minimum atomic E-state index is -0.591.